The molecular weight excluding hydrogens is 334 g/mol. The molecule has 2 heterocycles. The number of imidazole rings is 1. The molecule has 1 aliphatic heterocycles. The lowest BCUT2D eigenvalue weighted by Gasteiger charge is -2.14. The SMILES string of the molecule is O=C1c2ccccc2C(=O)N1CCOCCOc1ccc2nc[nH]c2c1. The van der Waals surface area contributed by atoms with Crippen LogP contribution in [0.25, 0.3) is 11.0 Å². The fraction of sp³-hybridized carbons (Fsp3) is 0.211. The summed E-state index contributed by atoms with van der Waals surface area (Å²) >= 11 is 0. The number of benzene rings is 2. The number of amides is 2. The van der Waals surface area contributed by atoms with E-state index in [1.807, 2.05) is 18.2 Å². The largest absolute Gasteiger partial charge is 0.491 e. The van der Waals surface area contributed by atoms with Gasteiger partial charge in [-0.15, -0.1) is 0 Å². The molecule has 3 aromatic rings. The Morgan fingerprint density at radius 3 is 2.50 bits per heavy atom. The zero-order valence-corrected chi connectivity index (χ0v) is 14.0. The van der Waals surface area contributed by atoms with Gasteiger partial charge < -0.3 is 14.5 Å². The van der Waals surface area contributed by atoms with E-state index >= 15 is 0 Å². The number of ether oxygens (including phenoxy) is 2. The van der Waals surface area contributed by atoms with Crippen LogP contribution < -0.4 is 4.74 Å². The van der Waals surface area contributed by atoms with Gasteiger partial charge in [-0.05, 0) is 24.3 Å². The first-order chi connectivity index (χ1) is 12.7. The molecule has 7 nitrogen and oxygen atoms in total. The number of fused-ring (bicyclic) bond motifs is 2. The predicted molar refractivity (Wildman–Crippen MR) is 94.2 cm³/mol. The Kier molecular flexibility index (Phi) is 4.37. The first-order valence-electron chi connectivity index (χ1n) is 8.33. The molecule has 2 amide bonds. The van der Waals surface area contributed by atoms with Crippen molar-refractivity contribution in [3.05, 3.63) is 59.9 Å². The van der Waals surface area contributed by atoms with Gasteiger partial charge in [0.15, 0.2) is 0 Å². The van der Waals surface area contributed by atoms with Crippen molar-refractivity contribution in [1.82, 2.24) is 14.9 Å². The highest BCUT2D eigenvalue weighted by atomic mass is 16.5. The molecule has 4 rings (SSSR count). The summed E-state index contributed by atoms with van der Waals surface area (Å²) in [5.41, 5.74) is 2.70. The summed E-state index contributed by atoms with van der Waals surface area (Å²) in [4.78, 5) is 32.8. The van der Waals surface area contributed by atoms with Crippen LogP contribution in [0.4, 0.5) is 0 Å². The maximum atomic E-state index is 12.2. The molecule has 2 aromatic carbocycles. The lowest BCUT2D eigenvalue weighted by molar-refractivity contribution is 0.0528. The van der Waals surface area contributed by atoms with Crippen LogP contribution in [0, 0.1) is 0 Å². The standard InChI is InChI=1S/C19H17N3O4/c23-18-14-3-1-2-4-15(14)19(24)22(18)7-8-25-9-10-26-13-5-6-16-17(11-13)21-12-20-16/h1-6,11-12H,7-10H2,(H,20,21). The first kappa shape index (κ1) is 16.3. The predicted octanol–water partition coefficient (Wildman–Crippen LogP) is 2.25. The number of H-pyrrole nitrogens is 1. The third kappa shape index (κ3) is 3.04. The van der Waals surface area contributed by atoms with Crippen molar-refractivity contribution < 1.29 is 19.1 Å². The van der Waals surface area contributed by atoms with Gasteiger partial charge in [0, 0.05) is 6.07 Å². The molecule has 0 atom stereocenters. The van der Waals surface area contributed by atoms with Crippen LogP contribution in [0.3, 0.4) is 0 Å². The van der Waals surface area contributed by atoms with E-state index in [9.17, 15) is 9.59 Å². The van der Waals surface area contributed by atoms with Crippen LogP contribution in [-0.2, 0) is 4.74 Å². The minimum Gasteiger partial charge on any atom is -0.491 e. The van der Waals surface area contributed by atoms with Crippen LogP contribution in [0.15, 0.2) is 48.8 Å². The number of imide groups is 1. The Bertz CT molecular complexity index is 931. The van der Waals surface area contributed by atoms with Gasteiger partial charge in [0.2, 0.25) is 0 Å². The molecule has 132 valence electrons. The second-order valence-corrected chi connectivity index (χ2v) is 5.85. The number of rotatable bonds is 7. The molecule has 26 heavy (non-hydrogen) atoms. The number of nitrogens with zero attached hydrogens (tertiary/aromatic N) is 2. The molecule has 0 spiro atoms. The van der Waals surface area contributed by atoms with Gasteiger partial charge in [0.25, 0.3) is 11.8 Å². The number of hydrogen-bond donors (Lipinski definition) is 1. The van der Waals surface area contributed by atoms with E-state index in [4.69, 9.17) is 9.47 Å². The number of carbonyl (C=O) groups is 2. The average molecular weight is 351 g/mol. The summed E-state index contributed by atoms with van der Waals surface area (Å²) < 4.78 is 11.1. The summed E-state index contributed by atoms with van der Waals surface area (Å²) in [5.74, 6) is 0.197. The van der Waals surface area contributed by atoms with Crippen LogP contribution in [0.5, 0.6) is 5.75 Å². The van der Waals surface area contributed by atoms with Gasteiger partial charge in [-0.2, -0.15) is 0 Å². The second kappa shape index (κ2) is 6.97. The van der Waals surface area contributed by atoms with Crippen molar-refractivity contribution in [3.8, 4) is 5.75 Å². The third-order valence-electron chi connectivity index (χ3n) is 4.23. The smallest absolute Gasteiger partial charge is 0.261 e. The van der Waals surface area contributed by atoms with E-state index in [0.717, 1.165) is 16.8 Å². The number of aromatic nitrogens is 2. The summed E-state index contributed by atoms with van der Waals surface area (Å²) in [6.07, 6.45) is 1.64. The molecule has 0 unspecified atom stereocenters. The van der Waals surface area contributed by atoms with Gasteiger partial charge in [-0.1, -0.05) is 12.1 Å². The molecule has 1 aliphatic rings. The Hall–Kier alpha value is -3.19. The molecule has 7 heteroatoms. The molecule has 1 aromatic heterocycles. The first-order valence-corrected chi connectivity index (χ1v) is 8.33. The highest BCUT2D eigenvalue weighted by molar-refractivity contribution is 6.21. The number of nitrogens with one attached hydrogen (secondary N) is 1. The summed E-state index contributed by atoms with van der Waals surface area (Å²) in [5, 5.41) is 0. The molecule has 0 radical (unpaired) electrons. The molecule has 0 saturated carbocycles. The van der Waals surface area contributed by atoms with Crippen LogP contribution in [0.2, 0.25) is 0 Å². The monoisotopic (exact) mass is 351 g/mol. The average Bonchev–Trinajstić information content (AvgIpc) is 3.22. The fourth-order valence-corrected chi connectivity index (χ4v) is 2.92. The van der Waals surface area contributed by atoms with Gasteiger partial charge in [0.05, 0.1) is 48.2 Å². The van der Waals surface area contributed by atoms with E-state index in [2.05, 4.69) is 9.97 Å². The molecule has 1 N–H and O–H groups in total. The number of aromatic amines is 1. The zero-order chi connectivity index (χ0) is 17.9. The summed E-state index contributed by atoms with van der Waals surface area (Å²) in [6.45, 7) is 1.24. The van der Waals surface area contributed by atoms with E-state index in [1.54, 1.807) is 30.6 Å². The van der Waals surface area contributed by atoms with E-state index in [1.165, 1.54) is 4.90 Å². The maximum Gasteiger partial charge on any atom is 0.261 e. The topological polar surface area (TPSA) is 84.5 Å². The molecule has 0 fully saturated rings. The van der Waals surface area contributed by atoms with E-state index < -0.39 is 0 Å². The van der Waals surface area contributed by atoms with Gasteiger partial charge in [-0.25, -0.2) is 4.98 Å². The number of hydrogen-bond acceptors (Lipinski definition) is 5. The molecule has 0 saturated heterocycles. The van der Waals surface area contributed by atoms with Gasteiger partial charge in [0.1, 0.15) is 12.4 Å². The quantitative estimate of drug-likeness (QED) is 0.521. The lowest BCUT2D eigenvalue weighted by Crippen LogP contribution is -2.33. The normalized spacial score (nSPS) is 13.5. The van der Waals surface area contributed by atoms with Gasteiger partial charge >= 0.3 is 0 Å². The Morgan fingerprint density at radius 1 is 0.962 bits per heavy atom. The Morgan fingerprint density at radius 2 is 1.73 bits per heavy atom. The third-order valence-corrected chi connectivity index (χ3v) is 4.23. The zero-order valence-electron chi connectivity index (χ0n) is 14.0. The van der Waals surface area contributed by atoms with Crippen molar-refractivity contribution in [2.75, 3.05) is 26.4 Å². The fourth-order valence-electron chi connectivity index (χ4n) is 2.92. The highest BCUT2D eigenvalue weighted by Gasteiger charge is 2.34. The number of carbonyl (C=O) groups excluding carboxylic acids is 2. The molecular formula is C19H17N3O4. The van der Waals surface area contributed by atoms with Crippen molar-refractivity contribution in [1.29, 1.82) is 0 Å². The van der Waals surface area contributed by atoms with Crippen molar-refractivity contribution in [2.45, 2.75) is 0 Å². The molecule has 0 bridgehead atoms. The minimum atomic E-state index is -0.265. The summed E-state index contributed by atoms with van der Waals surface area (Å²) in [6, 6.07) is 12.4. The lowest BCUT2D eigenvalue weighted by atomic mass is 10.1. The van der Waals surface area contributed by atoms with E-state index in [-0.39, 0.29) is 25.0 Å². The van der Waals surface area contributed by atoms with Crippen LogP contribution >= 0.6 is 0 Å². The molecule has 0 aliphatic carbocycles. The Labute approximate surface area is 149 Å². The Balaban J connectivity index is 1.21. The van der Waals surface area contributed by atoms with Crippen LogP contribution in [0.1, 0.15) is 20.7 Å². The van der Waals surface area contributed by atoms with Gasteiger partial charge in [-0.3, -0.25) is 14.5 Å². The van der Waals surface area contributed by atoms with Crippen molar-refractivity contribution in [2.24, 2.45) is 0 Å². The summed E-state index contributed by atoms with van der Waals surface area (Å²) in [7, 11) is 0. The maximum absolute atomic E-state index is 12.2. The minimum absolute atomic E-state index is 0.229. The highest BCUT2D eigenvalue weighted by Crippen LogP contribution is 2.22. The van der Waals surface area contributed by atoms with Crippen molar-refractivity contribution in [3.63, 3.8) is 0 Å². The second-order valence-electron chi connectivity index (χ2n) is 5.85. The van der Waals surface area contributed by atoms with E-state index in [0.29, 0.717) is 24.3 Å². The van der Waals surface area contributed by atoms with Crippen molar-refractivity contribution >= 4 is 22.8 Å². The van der Waals surface area contributed by atoms with Crippen LogP contribution in [-0.4, -0.2) is 53.0 Å².